The molecule has 0 aliphatic carbocycles. The third-order valence-electron chi connectivity index (χ3n) is 22.8. The summed E-state index contributed by atoms with van der Waals surface area (Å²) in [7, 11) is 1.46. The fourth-order valence-electron chi connectivity index (χ4n) is 16.2. The van der Waals surface area contributed by atoms with E-state index in [4.69, 9.17) is 72.6 Å². The van der Waals surface area contributed by atoms with Crippen LogP contribution < -0.4 is 68.2 Å². The number of aliphatic carboxylic acids is 1. The van der Waals surface area contributed by atoms with Gasteiger partial charge in [0.15, 0.2) is 30.1 Å². The van der Waals surface area contributed by atoms with Gasteiger partial charge in [-0.2, -0.15) is 0 Å². The zero-order valence-corrected chi connectivity index (χ0v) is 69.7. The van der Waals surface area contributed by atoms with E-state index < -0.39 is 279 Å². The number of likely N-dealkylation sites (N-methyl/N-ethyl adjacent to an activating group) is 1. The third-order valence-corrected chi connectivity index (χ3v) is 23.4. The highest BCUT2D eigenvalue weighted by Gasteiger charge is 2.53. The maximum Gasteiger partial charge on any atom is 0.330 e. The summed E-state index contributed by atoms with van der Waals surface area (Å²) in [5, 5.41) is 160. The maximum atomic E-state index is 16.5. The van der Waals surface area contributed by atoms with Gasteiger partial charge in [0.1, 0.15) is 120 Å². The van der Waals surface area contributed by atoms with Crippen molar-refractivity contribution in [1.82, 2.24) is 42.5 Å². The van der Waals surface area contributed by atoms with Gasteiger partial charge in [-0.1, -0.05) is 116 Å². The van der Waals surface area contributed by atoms with Crippen molar-refractivity contribution in [1.29, 1.82) is 0 Å². The summed E-state index contributed by atoms with van der Waals surface area (Å²) >= 11 is 14.5. The molecule has 7 aromatic rings. The number of phenolic OH excluding ortho intramolecular Hbond substituents is 3. The average Bonchev–Trinajstić information content (AvgIpc) is 0.818. The van der Waals surface area contributed by atoms with E-state index in [0.717, 1.165) is 77.9 Å². The van der Waals surface area contributed by atoms with Crippen molar-refractivity contribution in [2.75, 3.05) is 26.7 Å². The van der Waals surface area contributed by atoms with Crippen molar-refractivity contribution in [3.8, 4) is 57.1 Å². The van der Waals surface area contributed by atoms with Crippen LogP contribution in [0, 0.1) is 5.92 Å². The van der Waals surface area contributed by atoms with Crippen molar-refractivity contribution in [2.24, 2.45) is 17.4 Å². The maximum absolute atomic E-state index is 16.5. The number of carbonyl (C=O) groups is 8. The van der Waals surface area contributed by atoms with E-state index in [9.17, 15) is 75.7 Å². The van der Waals surface area contributed by atoms with Crippen LogP contribution >= 0.6 is 23.2 Å². The van der Waals surface area contributed by atoms with Crippen LogP contribution in [-0.2, 0) is 62.0 Å². The van der Waals surface area contributed by atoms with Crippen LogP contribution in [0.2, 0.25) is 10.0 Å². The number of ether oxygens (including phenoxy) is 8. The predicted molar refractivity (Wildman–Crippen MR) is 442 cm³/mol. The average molecular weight is 1790 g/mol. The van der Waals surface area contributed by atoms with Gasteiger partial charge in [-0.05, 0) is 121 Å². The molecule has 15 rings (SSSR count). The number of carboxylic acid groups (broad SMARTS) is 1. The molecule has 126 heavy (non-hydrogen) atoms. The fraction of sp³-hybridized carbons (Fsp3) is 0.419. The number of hydrogen-bond acceptors (Lipinski definition) is 30. The second-order valence-corrected chi connectivity index (χ2v) is 33.2. The van der Waals surface area contributed by atoms with Gasteiger partial charge in [0.25, 0.3) is 0 Å². The van der Waals surface area contributed by atoms with E-state index in [1.165, 1.54) is 33.0 Å². The van der Waals surface area contributed by atoms with E-state index in [1.54, 1.807) is 0 Å². The molecule has 0 radical (unpaired) electrons. The van der Waals surface area contributed by atoms with Crippen molar-refractivity contribution in [3.63, 3.8) is 0 Å². The number of fused-ring (bicyclic) bond motifs is 15. The Morgan fingerprint density at radius 3 is 1.83 bits per heavy atom. The molecule has 0 spiro atoms. The number of aliphatic hydroxyl groups is 8. The van der Waals surface area contributed by atoms with Crippen LogP contribution in [0.4, 0.5) is 0 Å². The Kier molecular flexibility index (Phi) is 28.8. The highest BCUT2D eigenvalue weighted by Crippen LogP contribution is 2.50. The van der Waals surface area contributed by atoms with Crippen molar-refractivity contribution in [2.45, 2.75) is 193 Å². The number of carbonyl (C=O) groups excluding carboxylic acids is 7. The Morgan fingerprint density at radius 1 is 0.627 bits per heavy atom. The normalized spacial score (nSPS) is 29.6. The monoisotopic (exact) mass is 1790 g/mol. The van der Waals surface area contributed by atoms with E-state index in [-0.39, 0.29) is 54.5 Å². The molecule has 7 amide bonds. The molecule has 40 heteroatoms. The number of benzene rings is 7. The number of primary amides is 1. The van der Waals surface area contributed by atoms with Gasteiger partial charge in [-0.15, -0.1) is 0 Å². The minimum atomic E-state index is -2.42. The standard InChI is InChI=1S/C86H98Cl2N10O28/c1-35(2)22-49(91-5)77(111)97-65-67(104)40-17-20-53(47(87)24-40)120-55-26-42-27-56(74(55)125-85-72(109)70(107)75(58(34-99)123-85)126-84-71(108)69(106)68(105)57(122-84)33-92-32-46(37-12-8-6-9-13-37)38-14-10-7-11-15-38)121-54-21-18-41(25-48(54)88)73(124-60-31-86(4,90)76(110)36(3)119-60)66-82(116)96-64(83(117)118)45-28-43(100)29-52(102)61(45)44-23-39(16-19-51(44)101)62(79(113)98-66)95-80(114)63(42)94-78(112)50(30-59(89)103)93-81(65)115/h6-21,23-29,35-36,46,49-50,57-58,60,62-73,75-76,84-85,91-92,99-102,104-110H,22,30-34,90H2,1-5H3,(H2,89,103)(H,93,115)(H,94,112)(H,95,114)(H,96,116)(H,97,111)(H,98,113)(H,117,118)/t36-,49+,50-,57+,58+,60-,62-,63+,64-,65?,66-,67+,68-,69-,70+,71+,72+,73+,75+,76-,84-,85-,86-/m0/s1. The van der Waals surface area contributed by atoms with E-state index in [0.29, 0.717) is 0 Å². The Morgan fingerprint density at radius 2 is 1.22 bits per heavy atom. The molecule has 24 N–H and O–H groups in total. The topological polar surface area (TPSA) is 601 Å². The summed E-state index contributed by atoms with van der Waals surface area (Å²) < 4.78 is 51.5. The molecule has 23 atom stereocenters. The van der Waals surface area contributed by atoms with Gasteiger partial charge < -0.3 is 153 Å². The first-order valence-corrected chi connectivity index (χ1v) is 41.1. The molecule has 8 heterocycles. The molecule has 3 fully saturated rings. The fourth-order valence-corrected chi connectivity index (χ4v) is 16.6. The zero-order valence-electron chi connectivity index (χ0n) is 68.2. The lowest BCUT2D eigenvalue weighted by molar-refractivity contribution is -0.350. The van der Waals surface area contributed by atoms with Gasteiger partial charge in [0, 0.05) is 53.7 Å². The number of aromatic hydroxyl groups is 3. The molecule has 8 aliphatic rings. The summed E-state index contributed by atoms with van der Waals surface area (Å²) in [4.78, 5) is 120. The smallest absolute Gasteiger partial charge is 0.330 e. The molecule has 3 saturated heterocycles. The number of aliphatic hydroxyl groups excluding tert-OH is 8. The van der Waals surface area contributed by atoms with Crippen molar-refractivity contribution >= 4 is 70.5 Å². The number of amides is 7. The van der Waals surface area contributed by atoms with Gasteiger partial charge in [0.2, 0.25) is 53.4 Å². The second kappa shape index (κ2) is 39.1. The van der Waals surface area contributed by atoms with Gasteiger partial charge in [-0.25, -0.2) is 4.79 Å². The van der Waals surface area contributed by atoms with Crippen molar-refractivity contribution < 1.29 is 138 Å². The predicted octanol–water partition coefficient (Wildman–Crippen LogP) is 1.36. The van der Waals surface area contributed by atoms with Crippen molar-refractivity contribution in [3.05, 3.63) is 189 Å². The molecule has 1 unspecified atom stereocenters. The summed E-state index contributed by atoms with van der Waals surface area (Å²) in [6, 6.07) is 18.1. The Balaban J connectivity index is 0.972. The summed E-state index contributed by atoms with van der Waals surface area (Å²) in [6.07, 6.45) is -29.1. The lowest BCUT2D eigenvalue weighted by Gasteiger charge is -2.46. The number of nitrogens with two attached hydrogens (primary N) is 2. The molecule has 7 aromatic carbocycles. The highest BCUT2D eigenvalue weighted by atomic mass is 35.5. The first-order valence-electron chi connectivity index (χ1n) is 40.3. The van der Waals surface area contributed by atoms with Gasteiger partial charge >= 0.3 is 5.97 Å². The molecular weight excluding hydrogens is 1690 g/mol. The second-order valence-electron chi connectivity index (χ2n) is 32.4. The third kappa shape index (κ3) is 20.2. The number of rotatable bonds is 21. The number of hydrogen-bond donors (Lipinski definition) is 22. The molecular formula is C86H98Cl2N10O28. The lowest BCUT2D eigenvalue weighted by Crippen LogP contribution is -2.65. The molecule has 0 saturated carbocycles. The number of carboxylic acids is 1. The lowest BCUT2D eigenvalue weighted by atomic mass is 9.86. The molecule has 674 valence electrons. The number of nitrogens with one attached hydrogen (secondary N) is 8. The zero-order chi connectivity index (χ0) is 90.8. The Bertz CT molecular complexity index is 5160. The summed E-state index contributed by atoms with van der Waals surface area (Å²) in [5.41, 5.74) is 9.91. The van der Waals surface area contributed by atoms with E-state index >= 15 is 24.0 Å². The summed E-state index contributed by atoms with van der Waals surface area (Å²) in [6.45, 7) is 5.54. The van der Waals surface area contributed by atoms with E-state index in [1.807, 2.05) is 74.5 Å². The van der Waals surface area contributed by atoms with Crippen LogP contribution in [-0.4, -0.2) is 245 Å². The first-order chi connectivity index (χ1) is 59.9. The van der Waals surface area contributed by atoms with Crippen LogP contribution in [0.15, 0.2) is 140 Å². The van der Waals surface area contributed by atoms with Gasteiger partial charge in [0.05, 0.1) is 41.3 Å². The SMILES string of the molecule is CN[C@H](CC(C)C)C(=O)NC1C(=O)N[C@@H](CC(N)=O)C(=O)N[C@H]2C(=O)N[C@@H]3C(=O)N[C@H](C(=O)N[C@H](C(=O)O)c4cc(O)cc(O)c4-c4cc3ccc4O)[C@H](O[C@H]3C[C@](C)(N)[C@@H](O)[C@H](C)O3)c3ccc(c(Cl)c3)Oc3cc2cc(c3O[C@@H]2O[C@H](CO)[C@@H](O[C@@H]3O[C@H](CNCC(c4ccccc4)c4ccccc4)[C@H](O)[C@H](O)[C@H]3O)[C@H](O)[C@H]2O)Oc2ccc(cc2Cl)[C@H]1O. The Labute approximate surface area is 729 Å². The largest absolute Gasteiger partial charge is 0.508 e. The van der Waals surface area contributed by atoms with Crippen LogP contribution in [0.25, 0.3) is 11.1 Å². The molecule has 8 aliphatic heterocycles. The highest BCUT2D eigenvalue weighted by molar-refractivity contribution is 6.32. The Hall–Kier alpha value is -11.0. The molecule has 11 bridgehead atoms. The van der Waals surface area contributed by atoms with Gasteiger partial charge in [-0.3, -0.25) is 33.6 Å². The molecule has 0 aromatic heterocycles. The summed E-state index contributed by atoms with van der Waals surface area (Å²) in [5.74, 6) is -16.8. The quantitative estimate of drug-likeness (QED) is 0.0483. The minimum Gasteiger partial charge on any atom is -0.508 e. The van der Waals surface area contributed by atoms with Crippen LogP contribution in [0.5, 0.6) is 46.0 Å². The molecule has 38 nitrogen and oxygen atoms in total. The number of halogens is 2. The van der Waals surface area contributed by atoms with Crippen LogP contribution in [0.3, 0.4) is 0 Å². The van der Waals surface area contributed by atoms with E-state index in [2.05, 4.69) is 42.5 Å². The van der Waals surface area contributed by atoms with Crippen LogP contribution in [0.1, 0.15) is 122 Å². The minimum absolute atomic E-state index is 0.129. The number of phenols is 3. The first kappa shape index (κ1) is 92.7.